The van der Waals surface area contributed by atoms with Gasteiger partial charge in [-0.05, 0) is 110 Å². The maximum atomic E-state index is 7.81. The molecule has 0 aromatic carbocycles. The Morgan fingerprint density at radius 3 is 1.58 bits per heavy atom. The van der Waals surface area contributed by atoms with Crippen LogP contribution in [0, 0.1) is 51.8 Å². The monoisotopic (exact) mass is 726 g/mol. The summed E-state index contributed by atoms with van der Waals surface area (Å²) in [5.41, 5.74) is 9.14. The number of rotatable bonds is 28. The number of unbranched alkanes of at least 4 members (excludes halogenated alkanes) is 14. The maximum Gasteiger partial charge on any atom is 0.0219 e. The van der Waals surface area contributed by atoms with E-state index >= 15 is 0 Å². The van der Waals surface area contributed by atoms with E-state index in [0.29, 0.717) is 28.1 Å². The molecule has 2 N–H and O–H groups in total. The molecule has 5 unspecified atom stereocenters. The van der Waals surface area contributed by atoms with Gasteiger partial charge in [0.2, 0.25) is 0 Å². The molecule has 0 amide bonds. The molecule has 0 aromatic heterocycles. The van der Waals surface area contributed by atoms with E-state index in [1.165, 1.54) is 205 Å². The van der Waals surface area contributed by atoms with Crippen molar-refractivity contribution in [1.82, 2.24) is 0 Å². The highest BCUT2D eigenvalue weighted by atomic mass is 14.9. The van der Waals surface area contributed by atoms with Crippen molar-refractivity contribution >= 4 is 0 Å². The fraction of sp³-hybridized carbons (Fsp3) is 1.00. The lowest BCUT2D eigenvalue weighted by Crippen LogP contribution is -2.65. The smallest absolute Gasteiger partial charge is 0.0219 e. The maximum absolute atomic E-state index is 7.81. The van der Waals surface area contributed by atoms with Crippen molar-refractivity contribution in [1.29, 1.82) is 0 Å². The summed E-state index contributed by atoms with van der Waals surface area (Å²) in [5, 5.41) is 0. The van der Waals surface area contributed by atoms with Crippen LogP contribution in [0.15, 0.2) is 0 Å². The van der Waals surface area contributed by atoms with E-state index in [4.69, 9.17) is 5.73 Å². The molecule has 0 aliphatic heterocycles. The highest BCUT2D eigenvalue weighted by molar-refractivity contribution is 5.18. The largest absolute Gasteiger partial charge is 0.325 e. The topological polar surface area (TPSA) is 26.0 Å². The van der Waals surface area contributed by atoms with Gasteiger partial charge < -0.3 is 5.73 Å². The normalized spacial score (nSPS) is 33.4. The van der Waals surface area contributed by atoms with Crippen LogP contribution in [0.3, 0.4) is 0 Å². The average molecular weight is 726 g/mol. The zero-order valence-electron chi connectivity index (χ0n) is 37.7. The van der Waals surface area contributed by atoms with Crippen LogP contribution in [0.25, 0.3) is 0 Å². The first-order valence-electron chi connectivity index (χ1n) is 24.7. The highest BCUT2D eigenvalue weighted by Crippen LogP contribution is 2.70. The molecule has 0 bridgehead atoms. The molecule has 1 heteroatoms. The van der Waals surface area contributed by atoms with E-state index in [1.807, 2.05) is 0 Å². The number of hydrogen-bond acceptors (Lipinski definition) is 1. The van der Waals surface area contributed by atoms with Crippen LogP contribution in [0.1, 0.15) is 268 Å². The van der Waals surface area contributed by atoms with Gasteiger partial charge in [-0.15, -0.1) is 0 Å². The Morgan fingerprint density at radius 2 is 1.06 bits per heavy atom. The number of hydrogen-bond donors (Lipinski definition) is 1. The molecule has 308 valence electrons. The van der Waals surface area contributed by atoms with Crippen molar-refractivity contribution in [2.45, 2.75) is 273 Å². The lowest BCUT2D eigenvalue weighted by molar-refractivity contribution is -0.107. The van der Waals surface area contributed by atoms with Gasteiger partial charge in [-0.1, -0.05) is 210 Å². The minimum Gasteiger partial charge on any atom is -0.325 e. The Morgan fingerprint density at radius 1 is 0.538 bits per heavy atom. The summed E-state index contributed by atoms with van der Waals surface area (Å²) < 4.78 is 0. The molecule has 3 saturated carbocycles. The van der Waals surface area contributed by atoms with Crippen LogP contribution in [0.4, 0.5) is 0 Å². The third-order valence-corrected chi connectivity index (χ3v) is 17.5. The Labute approximate surface area is 329 Å². The molecule has 0 saturated heterocycles. The summed E-state index contributed by atoms with van der Waals surface area (Å²) in [6.45, 7) is 22.7. The quantitative estimate of drug-likeness (QED) is 0.0799. The standard InChI is InChI=1S/C51H99N/c1-10-13-14-15-16-17-19-22-25-31-44(11-2)32-26-23-20-18-21-24-27-33-45-34-38-48(7,39-35-45)46-36-41-50(9)47(51(46,52)12-3)37-40-49(50,8)43(6)30-28-29-42(4)5/h42-47H,10-41,52H2,1-9H3/t43-,44?,45?,46?,47?,48?,49-,50?,51?/m1/s1. The molecule has 3 fully saturated rings. The van der Waals surface area contributed by atoms with Crippen molar-refractivity contribution in [3.8, 4) is 0 Å². The summed E-state index contributed by atoms with van der Waals surface area (Å²) in [6, 6.07) is 0. The van der Waals surface area contributed by atoms with Gasteiger partial charge in [-0.25, -0.2) is 0 Å². The van der Waals surface area contributed by atoms with Gasteiger partial charge in [-0.3, -0.25) is 0 Å². The van der Waals surface area contributed by atoms with Crippen LogP contribution >= 0.6 is 0 Å². The SMILES string of the molecule is CCCCCCCCCCCC(CC)CCCCCCCCCC1CCC(C)(C2CCC3(C)C(CC[C@]3(C)[C@H](C)CCCC(C)C)C2(N)CC)CC1. The van der Waals surface area contributed by atoms with Gasteiger partial charge in [-0.2, -0.15) is 0 Å². The Kier molecular flexibility index (Phi) is 20.7. The summed E-state index contributed by atoms with van der Waals surface area (Å²) in [4.78, 5) is 0. The molecule has 7 atom stereocenters. The zero-order chi connectivity index (χ0) is 38.1. The first-order valence-corrected chi connectivity index (χ1v) is 24.7. The van der Waals surface area contributed by atoms with Crippen molar-refractivity contribution in [3.63, 3.8) is 0 Å². The van der Waals surface area contributed by atoms with Crippen LogP contribution in [0.5, 0.6) is 0 Å². The second-order valence-electron chi connectivity index (χ2n) is 21.3. The van der Waals surface area contributed by atoms with Crippen molar-refractivity contribution in [2.24, 2.45) is 57.5 Å². The van der Waals surface area contributed by atoms with Gasteiger partial charge >= 0.3 is 0 Å². The van der Waals surface area contributed by atoms with E-state index in [1.54, 1.807) is 0 Å². The fourth-order valence-corrected chi connectivity index (χ4v) is 13.2. The van der Waals surface area contributed by atoms with Crippen molar-refractivity contribution in [2.75, 3.05) is 0 Å². The molecule has 52 heavy (non-hydrogen) atoms. The second-order valence-corrected chi connectivity index (χ2v) is 21.3. The number of nitrogens with two attached hydrogens (primary N) is 1. The van der Waals surface area contributed by atoms with E-state index in [9.17, 15) is 0 Å². The van der Waals surface area contributed by atoms with Crippen molar-refractivity contribution < 1.29 is 0 Å². The van der Waals surface area contributed by atoms with Crippen LogP contribution in [-0.4, -0.2) is 5.54 Å². The Hall–Kier alpha value is -0.0400. The molecule has 0 aromatic rings. The van der Waals surface area contributed by atoms with Crippen molar-refractivity contribution in [3.05, 3.63) is 0 Å². The average Bonchev–Trinajstić information content (AvgIpc) is 3.41. The fourth-order valence-electron chi connectivity index (χ4n) is 13.2. The zero-order valence-corrected chi connectivity index (χ0v) is 37.7. The second kappa shape index (κ2) is 23.3. The highest BCUT2D eigenvalue weighted by Gasteiger charge is 2.66. The summed E-state index contributed by atoms with van der Waals surface area (Å²) >= 11 is 0. The molecule has 3 rings (SSSR count). The van der Waals surface area contributed by atoms with Gasteiger partial charge in [0.15, 0.2) is 0 Å². The lowest BCUT2D eigenvalue weighted by Gasteiger charge is -2.62. The predicted molar refractivity (Wildman–Crippen MR) is 234 cm³/mol. The molecule has 0 radical (unpaired) electrons. The molecular weight excluding hydrogens is 627 g/mol. The summed E-state index contributed by atoms with van der Waals surface area (Å²) in [5.74, 6) is 5.03. The van der Waals surface area contributed by atoms with Gasteiger partial charge in [0.1, 0.15) is 0 Å². The Balaban J connectivity index is 1.29. The van der Waals surface area contributed by atoms with E-state index in [2.05, 4.69) is 62.3 Å². The van der Waals surface area contributed by atoms with Gasteiger partial charge in [0, 0.05) is 5.54 Å². The first kappa shape index (κ1) is 46.3. The number of fused-ring (bicyclic) bond motifs is 1. The molecular formula is C51H99N. The van der Waals surface area contributed by atoms with Crippen LogP contribution in [0.2, 0.25) is 0 Å². The minimum atomic E-state index is 0.0222. The summed E-state index contributed by atoms with van der Waals surface area (Å²) in [7, 11) is 0. The minimum absolute atomic E-state index is 0.0222. The lowest BCUT2D eigenvalue weighted by atomic mass is 9.44. The van der Waals surface area contributed by atoms with Gasteiger partial charge in [0.25, 0.3) is 0 Å². The van der Waals surface area contributed by atoms with E-state index in [-0.39, 0.29) is 5.54 Å². The van der Waals surface area contributed by atoms with Gasteiger partial charge in [0.05, 0.1) is 0 Å². The molecule has 0 spiro atoms. The molecule has 3 aliphatic rings. The third-order valence-electron chi connectivity index (χ3n) is 17.5. The van der Waals surface area contributed by atoms with Crippen LogP contribution in [-0.2, 0) is 0 Å². The predicted octanol–water partition coefficient (Wildman–Crippen LogP) is 17.0. The summed E-state index contributed by atoms with van der Waals surface area (Å²) in [6.07, 6.45) is 46.1. The van der Waals surface area contributed by atoms with E-state index in [0.717, 1.165) is 23.7 Å². The van der Waals surface area contributed by atoms with Crippen LogP contribution < -0.4 is 5.73 Å². The molecule has 1 nitrogen and oxygen atoms in total. The first-order chi connectivity index (χ1) is 24.9. The third kappa shape index (κ3) is 12.7. The Bertz CT molecular complexity index is 914. The van der Waals surface area contributed by atoms with E-state index < -0.39 is 0 Å². The molecule has 3 aliphatic carbocycles. The molecule has 0 heterocycles.